The first-order chi connectivity index (χ1) is 6.00. The van der Waals surface area contributed by atoms with E-state index < -0.39 is 6.10 Å². The molecule has 2 unspecified atom stereocenters. The van der Waals surface area contributed by atoms with E-state index in [0.29, 0.717) is 10.5 Å². The summed E-state index contributed by atoms with van der Waals surface area (Å²) in [6.45, 7) is 7.28. The van der Waals surface area contributed by atoms with Crippen LogP contribution < -0.4 is 0 Å². The van der Waals surface area contributed by atoms with Crippen LogP contribution in [0.1, 0.15) is 20.8 Å². The van der Waals surface area contributed by atoms with Crippen molar-refractivity contribution in [2.24, 2.45) is 0 Å². The van der Waals surface area contributed by atoms with Gasteiger partial charge in [0.1, 0.15) is 6.10 Å². The number of carbonyl (C=O) groups is 1. The molecule has 3 atom stereocenters. The van der Waals surface area contributed by atoms with E-state index in [4.69, 9.17) is 5.11 Å². The van der Waals surface area contributed by atoms with Gasteiger partial charge in [0.05, 0.1) is 0 Å². The second-order valence-corrected chi connectivity index (χ2v) is 5.56. The standard InChI is InChI=1S/C9H17NO2S/c1-6-4-10(5-7(2)13-6)9(12)8(3)11/h6-8,11H,4-5H2,1-3H3/t6?,7?,8-/m1/s1. The number of carbonyl (C=O) groups excluding carboxylic acids is 1. The van der Waals surface area contributed by atoms with Gasteiger partial charge in [-0.2, -0.15) is 11.8 Å². The SMILES string of the molecule is CC1CN(C(=O)[C@@H](C)O)CC(C)S1. The van der Waals surface area contributed by atoms with Gasteiger partial charge in [-0.1, -0.05) is 13.8 Å². The Balaban J connectivity index is 2.55. The molecule has 0 aromatic heterocycles. The van der Waals surface area contributed by atoms with E-state index in [1.54, 1.807) is 4.90 Å². The molecule has 1 aliphatic heterocycles. The Morgan fingerprint density at radius 2 is 1.92 bits per heavy atom. The van der Waals surface area contributed by atoms with Gasteiger partial charge in [-0.25, -0.2) is 0 Å². The first-order valence-corrected chi connectivity index (χ1v) is 5.57. The lowest BCUT2D eigenvalue weighted by Crippen LogP contribution is -2.47. The van der Waals surface area contributed by atoms with Crippen LogP contribution in [-0.2, 0) is 4.79 Å². The van der Waals surface area contributed by atoms with Crippen molar-refractivity contribution in [3.63, 3.8) is 0 Å². The lowest BCUT2D eigenvalue weighted by atomic mass is 10.2. The van der Waals surface area contributed by atoms with Gasteiger partial charge in [0, 0.05) is 23.6 Å². The summed E-state index contributed by atoms with van der Waals surface area (Å²) in [5.41, 5.74) is 0. The molecule has 1 saturated heterocycles. The van der Waals surface area contributed by atoms with Crippen LogP contribution in [0, 0.1) is 0 Å². The summed E-state index contributed by atoms with van der Waals surface area (Å²) in [5, 5.41) is 10.1. The van der Waals surface area contributed by atoms with Crippen molar-refractivity contribution in [1.82, 2.24) is 4.90 Å². The number of amides is 1. The van der Waals surface area contributed by atoms with E-state index in [9.17, 15) is 4.79 Å². The number of aliphatic hydroxyl groups excluding tert-OH is 1. The smallest absolute Gasteiger partial charge is 0.251 e. The van der Waals surface area contributed by atoms with Crippen molar-refractivity contribution in [2.75, 3.05) is 13.1 Å². The molecular weight excluding hydrogens is 186 g/mol. The lowest BCUT2D eigenvalue weighted by Gasteiger charge is -2.35. The molecule has 0 spiro atoms. The first-order valence-electron chi connectivity index (χ1n) is 4.63. The predicted octanol–water partition coefficient (Wildman–Crippen LogP) is 0.720. The molecule has 1 rings (SSSR count). The van der Waals surface area contributed by atoms with Crippen LogP contribution in [0.2, 0.25) is 0 Å². The van der Waals surface area contributed by atoms with Crippen LogP contribution in [0.15, 0.2) is 0 Å². The topological polar surface area (TPSA) is 40.5 Å². The van der Waals surface area contributed by atoms with Gasteiger partial charge in [-0.15, -0.1) is 0 Å². The highest BCUT2D eigenvalue weighted by molar-refractivity contribution is 8.00. The monoisotopic (exact) mass is 203 g/mol. The molecular formula is C9H17NO2S. The van der Waals surface area contributed by atoms with Gasteiger partial charge in [0.15, 0.2) is 0 Å². The van der Waals surface area contributed by atoms with Crippen LogP contribution in [0.3, 0.4) is 0 Å². The first kappa shape index (κ1) is 10.9. The summed E-state index contributed by atoms with van der Waals surface area (Å²) >= 11 is 1.90. The molecule has 0 radical (unpaired) electrons. The Morgan fingerprint density at radius 1 is 1.46 bits per heavy atom. The molecule has 0 bridgehead atoms. The van der Waals surface area contributed by atoms with E-state index in [1.165, 1.54) is 6.92 Å². The van der Waals surface area contributed by atoms with E-state index in [-0.39, 0.29) is 5.91 Å². The highest BCUT2D eigenvalue weighted by Crippen LogP contribution is 2.24. The molecule has 3 nitrogen and oxygen atoms in total. The highest BCUT2D eigenvalue weighted by Gasteiger charge is 2.27. The maximum atomic E-state index is 11.5. The number of rotatable bonds is 1. The molecule has 1 aliphatic rings. The van der Waals surface area contributed by atoms with Gasteiger partial charge in [0.2, 0.25) is 0 Å². The Kier molecular flexibility index (Phi) is 3.62. The molecule has 0 aliphatic carbocycles. The zero-order chi connectivity index (χ0) is 10.0. The van der Waals surface area contributed by atoms with Gasteiger partial charge in [0.25, 0.3) is 5.91 Å². The van der Waals surface area contributed by atoms with Gasteiger partial charge in [-0.3, -0.25) is 4.79 Å². The molecule has 0 saturated carbocycles. The van der Waals surface area contributed by atoms with Crippen LogP contribution in [0.25, 0.3) is 0 Å². The van der Waals surface area contributed by atoms with E-state index >= 15 is 0 Å². The van der Waals surface area contributed by atoms with Crippen molar-refractivity contribution in [2.45, 2.75) is 37.4 Å². The fourth-order valence-corrected chi connectivity index (χ4v) is 2.95. The molecule has 1 fully saturated rings. The van der Waals surface area contributed by atoms with Gasteiger partial charge in [-0.05, 0) is 6.92 Å². The number of hydrogen-bond donors (Lipinski definition) is 1. The third-order valence-corrected chi connectivity index (χ3v) is 3.32. The van der Waals surface area contributed by atoms with Crippen molar-refractivity contribution >= 4 is 17.7 Å². The van der Waals surface area contributed by atoms with Crippen molar-refractivity contribution in [3.05, 3.63) is 0 Å². The van der Waals surface area contributed by atoms with Crippen LogP contribution in [0.4, 0.5) is 0 Å². The second-order valence-electron chi connectivity index (χ2n) is 3.68. The van der Waals surface area contributed by atoms with Crippen LogP contribution >= 0.6 is 11.8 Å². The van der Waals surface area contributed by atoms with Crippen molar-refractivity contribution in [3.8, 4) is 0 Å². The minimum absolute atomic E-state index is 0.140. The molecule has 4 heteroatoms. The van der Waals surface area contributed by atoms with Crippen molar-refractivity contribution in [1.29, 1.82) is 0 Å². The molecule has 0 aromatic carbocycles. The Morgan fingerprint density at radius 3 is 2.31 bits per heavy atom. The fraction of sp³-hybridized carbons (Fsp3) is 0.889. The lowest BCUT2D eigenvalue weighted by molar-refractivity contribution is -0.139. The molecule has 1 heterocycles. The minimum atomic E-state index is -0.859. The largest absolute Gasteiger partial charge is 0.384 e. The summed E-state index contributed by atoms with van der Waals surface area (Å²) in [5.74, 6) is -0.140. The van der Waals surface area contributed by atoms with Crippen molar-refractivity contribution < 1.29 is 9.90 Å². The Bertz CT molecular complexity index is 186. The summed E-state index contributed by atoms with van der Waals surface area (Å²) < 4.78 is 0. The predicted molar refractivity (Wildman–Crippen MR) is 54.8 cm³/mol. The Hall–Kier alpha value is -0.220. The Labute approximate surface area is 83.5 Å². The van der Waals surface area contributed by atoms with Gasteiger partial charge < -0.3 is 10.0 Å². The summed E-state index contributed by atoms with van der Waals surface area (Å²) in [6, 6.07) is 0. The van der Waals surface area contributed by atoms with Crippen LogP contribution in [-0.4, -0.2) is 45.6 Å². The maximum absolute atomic E-state index is 11.5. The highest BCUT2D eigenvalue weighted by atomic mass is 32.2. The van der Waals surface area contributed by atoms with E-state index in [0.717, 1.165) is 13.1 Å². The zero-order valence-electron chi connectivity index (χ0n) is 8.36. The number of hydrogen-bond acceptors (Lipinski definition) is 3. The molecule has 1 amide bonds. The van der Waals surface area contributed by atoms with Crippen LogP contribution in [0.5, 0.6) is 0 Å². The number of thioether (sulfide) groups is 1. The second kappa shape index (κ2) is 4.33. The number of nitrogens with zero attached hydrogens (tertiary/aromatic N) is 1. The third-order valence-electron chi connectivity index (χ3n) is 2.09. The third kappa shape index (κ3) is 2.88. The average molecular weight is 203 g/mol. The quantitative estimate of drug-likeness (QED) is 0.682. The van der Waals surface area contributed by atoms with E-state index in [1.807, 2.05) is 11.8 Å². The average Bonchev–Trinajstić information content (AvgIpc) is 2.01. The van der Waals surface area contributed by atoms with E-state index in [2.05, 4.69) is 13.8 Å². The molecule has 1 N–H and O–H groups in total. The number of aliphatic hydroxyl groups is 1. The molecule has 76 valence electrons. The fourth-order valence-electron chi connectivity index (χ4n) is 1.62. The molecule has 0 aromatic rings. The summed E-state index contributed by atoms with van der Waals surface area (Å²) in [6.07, 6.45) is -0.859. The summed E-state index contributed by atoms with van der Waals surface area (Å²) in [4.78, 5) is 13.2. The maximum Gasteiger partial charge on any atom is 0.251 e. The summed E-state index contributed by atoms with van der Waals surface area (Å²) in [7, 11) is 0. The molecule has 13 heavy (non-hydrogen) atoms. The van der Waals surface area contributed by atoms with Gasteiger partial charge >= 0.3 is 0 Å². The normalized spacial score (nSPS) is 31.5. The zero-order valence-corrected chi connectivity index (χ0v) is 9.17. The minimum Gasteiger partial charge on any atom is -0.384 e.